The first-order valence-corrected chi connectivity index (χ1v) is 7.79. The maximum absolute atomic E-state index is 12.9. The van der Waals surface area contributed by atoms with Crippen LogP contribution < -0.4 is 5.73 Å². The smallest absolute Gasteiger partial charge is 0.230 e. The number of halogens is 1. The van der Waals surface area contributed by atoms with Crippen LogP contribution in [-0.2, 0) is 9.53 Å². The van der Waals surface area contributed by atoms with Gasteiger partial charge in [0, 0.05) is 26.2 Å². The number of nitrogens with zero attached hydrogens (tertiary/aromatic N) is 1. The van der Waals surface area contributed by atoms with E-state index in [1.54, 1.807) is 7.11 Å². The summed E-state index contributed by atoms with van der Waals surface area (Å²) in [5.74, 6) is 0.132. The van der Waals surface area contributed by atoms with E-state index in [0.29, 0.717) is 6.54 Å². The summed E-state index contributed by atoms with van der Waals surface area (Å²) in [6.45, 7) is 3.30. The Bertz CT molecular complexity index is 455. The molecule has 2 rings (SSSR count). The molecular weight excluding hydrogens is 300 g/mol. The number of piperidine rings is 1. The Morgan fingerprint density at radius 3 is 2.64 bits per heavy atom. The van der Waals surface area contributed by atoms with E-state index in [1.807, 2.05) is 35.2 Å². The van der Waals surface area contributed by atoms with Crippen molar-refractivity contribution >= 4 is 18.3 Å². The van der Waals surface area contributed by atoms with Crippen molar-refractivity contribution in [2.75, 3.05) is 20.2 Å². The van der Waals surface area contributed by atoms with Gasteiger partial charge in [-0.15, -0.1) is 12.4 Å². The van der Waals surface area contributed by atoms with Crippen LogP contribution in [0.5, 0.6) is 0 Å². The SMILES string of the molecule is CCC(C(=O)N1CCC(OC)CC1CN)c1ccccc1.Cl. The van der Waals surface area contributed by atoms with Crippen LogP contribution in [0.2, 0.25) is 0 Å². The lowest BCUT2D eigenvalue weighted by Gasteiger charge is -2.40. The van der Waals surface area contributed by atoms with Crippen molar-refractivity contribution in [1.29, 1.82) is 0 Å². The van der Waals surface area contributed by atoms with Gasteiger partial charge in [-0.3, -0.25) is 4.79 Å². The van der Waals surface area contributed by atoms with Gasteiger partial charge in [0.1, 0.15) is 0 Å². The summed E-state index contributed by atoms with van der Waals surface area (Å²) in [6, 6.07) is 10.1. The number of ether oxygens (including phenoxy) is 1. The van der Waals surface area contributed by atoms with Crippen LogP contribution in [0.3, 0.4) is 0 Å². The Morgan fingerprint density at radius 2 is 2.09 bits per heavy atom. The zero-order chi connectivity index (χ0) is 15.2. The number of nitrogens with two attached hydrogens (primary N) is 1. The van der Waals surface area contributed by atoms with Crippen LogP contribution in [-0.4, -0.2) is 43.2 Å². The number of carbonyl (C=O) groups excluding carboxylic acids is 1. The topological polar surface area (TPSA) is 55.6 Å². The van der Waals surface area contributed by atoms with Crippen molar-refractivity contribution in [3.63, 3.8) is 0 Å². The highest BCUT2D eigenvalue weighted by atomic mass is 35.5. The molecule has 1 aliphatic rings. The Morgan fingerprint density at radius 1 is 1.41 bits per heavy atom. The first kappa shape index (κ1) is 18.9. The molecule has 0 radical (unpaired) electrons. The molecule has 5 heteroatoms. The van der Waals surface area contributed by atoms with Gasteiger partial charge in [-0.1, -0.05) is 37.3 Å². The molecule has 0 bridgehead atoms. The van der Waals surface area contributed by atoms with Gasteiger partial charge in [0.05, 0.1) is 12.0 Å². The van der Waals surface area contributed by atoms with E-state index in [0.717, 1.165) is 31.4 Å². The fourth-order valence-electron chi connectivity index (χ4n) is 3.18. The molecule has 1 aromatic rings. The van der Waals surface area contributed by atoms with E-state index < -0.39 is 0 Å². The average Bonchev–Trinajstić information content (AvgIpc) is 2.55. The van der Waals surface area contributed by atoms with Gasteiger partial charge >= 0.3 is 0 Å². The third-order valence-electron chi connectivity index (χ3n) is 4.46. The van der Waals surface area contributed by atoms with Crippen LogP contribution >= 0.6 is 12.4 Å². The van der Waals surface area contributed by atoms with Gasteiger partial charge in [0.2, 0.25) is 5.91 Å². The number of amides is 1. The first-order chi connectivity index (χ1) is 10.2. The summed E-state index contributed by atoms with van der Waals surface area (Å²) in [5, 5.41) is 0. The van der Waals surface area contributed by atoms with E-state index in [2.05, 4.69) is 6.92 Å². The second kappa shape index (κ2) is 9.13. The normalized spacial score (nSPS) is 22.8. The second-order valence-electron chi connectivity index (χ2n) is 5.67. The Hall–Kier alpha value is -1.10. The molecule has 3 unspecified atom stereocenters. The summed E-state index contributed by atoms with van der Waals surface area (Å²) in [7, 11) is 1.73. The molecule has 22 heavy (non-hydrogen) atoms. The third-order valence-corrected chi connectivity index (χ3v) is 4.46. The molecule has 2 N–H and O–H groups in total. The molecule has 4 nitrogen and oxygen atoms in total. The lowest BCUT2D eigenvalue weighted by Crippen LogP contribution is -2.52. The molecule has 124 valence electrons. The van der Waals surface area contributed by atoms with Crippen molar-refractivity contribution in [2.45, 2.75) is 44.2 Å². The molecule has 0 spiro atoms. The van der Waals surface area contributed by atoms with E-state index in [-0.39, 0.29) is 36.4 Å². The fraction of sp³-hybridized carbons (Fsp3) is 0.588. The summed E-state index contributed by atoms with van der Waals surface area (Å²) in [4.78, 5) is 14.9. The molecule has 1 aliphatic heterocycles. The van der Waals surface area contributed by atoms with E-state index in [9.17, 15) is 4.79 Å². The number of carbonyl (C=O) groups is 1. The molecule has 0 aliphatic carbocycles. The number of likely N-dealkylation sites (tertiary alicyclic amines) is 1. The maximum atomic E-state index is 12.9. The number of hydrogen-bond donors (Lipinski definition) is 1. The Balaban J connectivity index is 0.00000242. The van der Waals surface area contributed by atoms with Crippen molar-refractivity contribution < 1.29 is 9.53 Å². The minimum atomic E-state index is -0.0701. The van der Waals surface area contributed by atoms with Gasteiger partial charge in [-0.05, 0) is 24.8 Å². The van der Waals surface area contributed by atoms with Crippen molar-refractivity contribution in [3.8, 4) is 0 Å². The number of methoxy groups -OCH3 is 1. The minimum Gasteiger partial charge on any atom is -0.381 e. The lowest BCUT2D eigenvalue weighted by atomic mass is 9.91. The van der Waals surface area contributed by atoms with Crippen LogP contribution in [0.1, 0.15) is 37.7 Å². The largest absolute Gasteiger partial charge is 0.381 e. The van der Waals surface area contributed by atoms with Crippen LogP contribution in [0.15, 0.2) is 30.3 Å². The van der Waals surface area contributed by atoms with Crippen molar-refractivity contribution in [2.24, 2.45) is 5.73 Å². The third kappa shape index (κ3) is 4.22. The van der Waals surface area contributed by atoms with Gasteiger partial charge < -0.3 is 15.4 Å². The maximum Gasteiger partial charge on any atom is 0.230 e. The van der Waals surface area contributed by atoms with E-state index in [1.165, 1.54) is 0 Å². The molecule has 1 heterocycles. The van der Waals surface area contributed by atoms with Gasteiger partial charge in [0.15, 0.2) is 0 Å². The molecule has 1 amide bonds. The van der Waals surface area contributed by atoms with E-state index >= 15 is 0 Å². The summed E-state index contributed by atoms with van der Waals surface area (Å²) in [6.07, 6.45) is 2.76. The standard InChI is InChI=1S/C17H26N2O2.ClH/c1-3-16(13-7-5-4-6-8-13)17(20)19-10-9-15(21-2)11-14(19)12-18;/h4-8,14-16H,3,9-12,18H2,1-2H3;1H. The molecular formula is C17H27ClN2O2. The molecule has 1 saturated heterocycles. The lowest BCUT2D eigenvalue weighted by molar-refractivity contribution is -0.138. The van der Waals surface area contributed by atoms with Crippen LogP contribution in [0.4, 0.5) is 0 Å². The molecule has 0 saturated carbocycles. The number of hydrogen-bond acceptors (Lipinski definition) is 3. The Kier molecular flexibility index (Phi) is 7.87. The highest BCUT2D eigenvalue weighted by Gasteiger charge is 2.34. The van der Waals surface area contributed by atoms with Crippen LogP contribution in [0, 0.1) is 0 Å². The predicted molar refractivity (Wildman–Crippen MR) is 91.3 cm³/mol. The molecule has 1 aromatic carbocycles. The zero-order valence-electron chi connectivity index (χ0n) is 13.4. The summed E-state index contributed by atoms with van der Waals surface area (Å²) in [5.41, 5.74) is 6.97. The van der Waals surface area contributed by atoms with Gasteiger partial charge in [-0.2, -0.15) is 0 Å². The molecule has 3 atom stereocenters. The predicted octanol–water partition coefficient (Wildman–Crippen LogP) is 2.57. The zero-order valence-corrected chi connectivity index (χ0v) is 14.2. The number of rotatable bonds is 5. The van der Waals surface area contributed by atoms with E-state index in [4.69, 9.17) is 10.5 Å². The van der Waals surface area contributed by atoms with Crippen molar-refractivity contribution in [1.82, 2.24) is 4.90 Å². The summed E-state index contributed by atoms with van der Waals surface area (Å²) < 4.78 is 5.43. The van der Waals surface area contributed by atoms with Gasteiger partial charge in [-0.25, -0.2) is 0 Å². The first-order valence-electron chi connectivity index (χ1n) is 7.79. The highest BCUT2D eigenvalue weighted by molar-refractivity contribution is 5.85. The van der Waals surface area contributed by atoms with Crippen LogP contribution in [0.25, 0.3) is 0 Å². The Labute approximate surface area is 139 Å². The van der Waals surface area contributed by atoms with Crippen molar-refractivity contribution in [3.05, 3.63) is 35.9 Å². The second-order valence-corrected chi connectivity index (χ2v) is 5.67. The molecule has 0 aromatic heterocycles. The monoisotopic (exact) mass is 326 g/mol. The average molecular weight is 327 g/mol. The molecule has 1 fully saturated rings. The summed E-state index contributed by atoms with van der Waals surface area (Å²) >= 11 is 0. The number of benzene rings is 1. The minimum absolute atomic E-state index is 0. The quantitative estimate of drug-likeness (QED) is 0.904. The fourth-order valence-corrected chi connectivity index (χ4v) is 3.18. The van der Waals surface area contributed by atoms with Gasteiger partial charge in [0.25, 0.3) is 0 Å². The highest BCUT2D eigenvalue weighted by Crippen LogP contribution is 2.27.